The van der Waals surface area contributed by atoms with Gasteiger partial charge in [-0.15, -0.1) is 0 Å². The number of aromatic carboxylic acids is 1. The van der Waals surface area contributed by atoms with Crippen molar-refractivity contribution in [2.75, 3.05) is 6.61 Å². The number of ether oxygens (including phenoxy) is 2. The standard InChI is InChI=1S/C22H31NO5/c1-20(2,3)28-19(26)23(22(6)8-7-9-22)12-14-10-15(18(24)25)17-16(11-14)21(4,5)13-27-17/h10-11H,7-9,12-13H2,1-6H3,(H,24,25). The molecule has 1 aliphatic heterocycles. The fourth-order valence-corrected chi connectivity index (χ4v) is 3.86. The summed E-state index contributed by atoms with van der Waals surface area (Å²) >= 11 is 0. The van der Waals surface area contributed by atoms with Gasteiger partial charge in [-0.3, -0.25) is 4.90 Å². The number of amides is 1. The maximum atomic E-state index is 12.9. The van der Waals surface area contributed by atoms with Crippen molar-refractivity contribution in [3.05, 3.63) is 28.8 Å². The zero-order valence-electron chi connectivity index (χ0n) is 17.7. The van der Waals surface area contributed by atoms with E-state index in [1.165, 1.54) is 0 Å². The van der Waals surface area contributed by atoms with E-state index in [0.29, 0.717) is 18.9 Å². The number of hydrogen-bond acceptors (Lipinski definition) is 4. The molecule has 1 aromatic rings. The van der Waals surface area contributed by atoms with Crippen LogP contribution in [0, 0.1) is 0 Å². The lowest BCUT2D eigenvalue weighted by atomic mass is 9.77. The molecule has 1 amide bonds. The van der Waals surface area contributed by atoms with Crippen LogP contribution in [-0.4, -0.2) is 39.8 Å². The first-order valence-electron chi connectivity index (χ1n) is 9.87. The molecule has 154 valence electrons. The van der Waals surface area contributed by atoms with Crippen LogP contribution >= 0.6 is 0 Å². The summed E-state index contributed by atoms with van der Waals surface area (Å²) in [5, 5.41) is 9.67. The van der Waals surface area contributed by atoms with Crippen LogP contribution in [0.15, 0.2) is 12.1 Å². The first-order valence-corrected chi connectivity index (χ1v) is 9.87. The Balaban J connectivity index is 1.98. The van der Waals surface area contributed by atoms with Gasteiger partial charge >= 0.3 is 12.1 Å². The van der Waals surface area contributed by atoms with E-state index in [9.17, 15) is 14.7 Å². The smallest absolute Gasteiger partial charge is 0.411 e. The summed E-state index contributed by atoms with van der Waals surface area (Å²) in [6.07, 6.45) is 2.54. The number of nitrogens with zero attached hydrogens (tertiary/aromatic N) is 1. The van der Waals surface area contributed by atoms with Gasteiger partial charge in [-0.2, -0.15) is 0 Å². The average Bonchev–Trinajstić information content (AvgIpc) is 2.83. The van der Waals surface area contributed by atoms with E-state index in [0.717, 1.165) is 30.4 Å². The molecule has 1 aromatic carbocycles. The number of carbonyl (C=O) groups is 2. The predicted molar refractivity (Wildman–Crippen MR) is 106 cm³/mol. The molecule has 0 unspecified atom stereocenters. The minimum atomic E-state index is -1.02. The van der Waals surface area contributed by atoms with Crippen molar-refractivity contribution in [3.63, 3.8) is 0 Å². The van der Waals surface area contributed by atoms with Gasteiger partial charge in [-0.25, -0.2) is 9.59 Å². The van der Waals surface area contributed by atoms with Crippen LogP contribution in [0.2, 0.25) is 0 Å². The molecule has 1 heterocycles. The normalized spacial score (nSPS) is 19.2. The van der Waals surface area contributed by atoms with Gasteiger partial charge in [0.15, 0.2) is 0 Å². The lowest BCUT2D eigenvalue weighted by molar-refractivity contribution is -0.0238. The Morgan fingerprint density at radius 1 is 1.21 bits per heavy atom. The molecule has 6 heteroatoms. The third-order valence-corrected chi connectivity index (χ3v) is 5.72. The summed E-state index contributed by atoms with van der Waals surface area (Å²) < 4.78 is 11.3. The minimum Gasteiger partial charge on any atom is -0.491 e. The van der Waals surface area contributed by atoms with Gasteiger partial charge in [0, 0.05) is 23.1 Å². The number of carboxylic acid groups (broad SMARTS) is 1. The van der Waals surface area contributed by atoms with Crippen LogP contribution in [0.1, 0.15) is 82.3 Å². The Bertz CT molecular complexity index is 802. The van der Waals surface area contributed by atoms with Gasteiger partial charge in [-0.05, 0) is 64.7 Å². The molecule has 1 fully saturated rings. The molecule has 28 heavy (non-hydrogen) atoms. The maximum absolute atomic E-state index is 12.9. The summed E-state index contributed by atoms with van der Waals surface area (Å²) in [5.41, 5.74) is 0.693. The zero-order chi connectivity index (χ0) is 20.9. The lowest BCUT2D eigenvalue weighted by Crippen LogP contribution is -2.54. The molecule has 0 spiro atoms. The van der Waals surface area contributed by atoms with Crippen molar-refractivity contribution in [2.45, 2.75) is 83.9 Å². The molecule has 1 saturated carbocycles. The highest BCUT2D eigenvalue weighted by molar-refractivity contribution is 5.92. The van der Waals surface area contributed by atoms with E-state index in [2.05, 4.69) is 6.92 Å². The van der Waals surface area contributed by atoms with Crippen molar-refractivity contribution < 1.29 is 24.2 Å². The van der Waals surface area contributed by atoms with Crippen LogP contribution < -0.4 is 4.74 Å². The number of carboxylic acids is 1. The summed E-state index contributed by atoms with van der Waals surface area (Å²) in [5.74, 6) is -0.575. The lowest BCUT2D eigenvalue weighted by Gasteiger charge is -2.48. The third kappa shape index (κ3) is 3.82. The SMILES string of the molecule is CC(C)(C)OC(=O)N(Cc1cc(C(=O)O)c2c(c1)C(C)(C)CO2)C1(C)CCC1. The van der Waals surface area contributed by atoms with E-state index >= 15 is 0 Å². The number of benzene rings is 1. The average molecular weight is 389 g/mol. The Hall–Kier alpha value is -2.24. The summed E-state index contributed by atoms with van der Waals surface area (Å²) in [7, 11) is 0. The van der Waals surface area contributed by atoms with Crippen molar-refractivity contribution >= 4 is 12.1 Å². The Morgan fingerprint density at radius 2 is 1.86 bits per heavy atom. The van der Waals surface area contributed by atoms with Crippen molar-refractivity contribution in [1.29, 1.82) is 0 Å². The second kappa shape index (κ2) is 6.68. The summed E-state index contributed by atoms with van der Waals surface area (Å²) in [4.78, 5) is 26.5. The molecule has 0 aromatic heterocycles. The molecular weight excluding hydrogens is 358 g/mol. The number of hydrogen-bond donors (Lipinski definition) is 1. The van der Waals surface area contributed by atoms with Crippen molar-refractivity contribution in [1.82, 2.24) is 4.90 Å². The minimum absolute atomic E-state index is 0.154. The van der Waals surface area contributed by atoms with Gasteiger partial charge in [0.25, 0.3) is 0 Å². The number of rotatable bonds is 4. The van der Waals surface area contributed by atoms with E-state index in [1.54, 1.807) is 11.0 Å². The molecular formula is C22H31NO5. The van der Waals surface area contributed by atoms with Crippen molar-refractivity contribution in [2.24, 2.45) is 0 Å². The van der Waals surface area contributed by atoms with Crippen LogP contribution in [-0.2, 0) is 16.7 Å². The topological polar surface area (TPSA) is 76.1 Å². The second-order valence-corrected chi connectivity index (χ2v) is 9.91. The molecule has 0 atom stereocenters. The molecule has 0 bridgehead atoms. The van der Waals surface area contributed by atoms with Crippen LogP contribution in [0.4, 0.5) is 4.79 Å². The van der Waals surface area contributed by atoms with E-state index < -0.39 is 11.6 Å². The largest absolute Gasteiger partial charge is 0.491 e. The zero-order valence-corrected chi connectivity index (χ0v) is 17.7. The second-order valence-electron chi connectivity index (χ2n) is 9.91. The molecule has 0 radical (unpaired) electrons. The van der Waals surface area contributed by atoms with Gasteiger partial charge in [-0.1, -0.05) is 13.8 Å². The predicted octanol–water partition coefficient (Wildman–Crippen LogP) is 4.73. The van der Waals surface area contributed by atoms with Gasteiger partial charge < -0.3 is 14.6 Å². The first-order chi connectivity index (χ1) is 12.8. The molecule has 2 aliphatic rings. The highest BCUT2D eigenvalue weighted by atomic mass is 16.6. The molecule has 6 nitrogen and oxygen atoms in total. The van der Waals surface area contributed by atoms with Crippen LogP contribution in [0.25, 0.3) is 0 Å². The molecule has 3 rings (SSSR count). The highest BCUT2D eigenvalue weighted by Gasteiger charge is 2.43. The molecule has 0 saturated heterocycles. The molecule has 1 aliphatic carbocycles. The summed E-state index contributed by atoms with van der Waals surface area (Å²) in [6.45, 7) is 12.5. The van der Waals surface area contributed by atoms with E-state index in [-0.39, 0.29) is 22.6 Å². The van der Waals surface area contributed by atoms with Gasteiger partial charge in [0.1, 0.15) is 16.9 Å². The Kier molecular flexibility index (Phi) is 4.89. The fraction of sp³-hybridized carbons (Fsp3) is 0.636. The highest BCUT2D eigenvalue weighted by Crippen LogP contribution is 2.43. The van der Waals surface area contributed by atoms with Crippen LogP contribution in [0.3, 0.4) is 0 Å². The first kappa shape index (κ1) is 20.5. The van der Waals surface area contributed by atoms with Gasteiger partial charge in [0.2, 0.25) is 0 Å². The molecule has 1 N–H and O–H groups in total. The van der Waals surface area contributed by atoms with E-state index in [4.69, 9.17) is 9.47 Å². The van der Waals surface area contributed by atoms with Gasteiger partial charge in [0.05, 0.1) is 6.61 Å². The fourth-order valence-electron chi connectivity index (χ4n) is 3.86. The van der Waals surface area contributed by atoms with E-state index in [1.807, 2.05) is 40.7 Å². The number of carbonyl (C=O) groups excluding carboxylic acids is 1. The summed E-state index contributed by atoms with van der Waals surface area (Å²) in [6, 6.07) is 3.61. The Morgan fingerprint density at radius 3 is 2.36 bits per heavy atom. The quantitative estimate of drug-likeness (QED) is 0.805. The number of fused-ring (bicyclic) bond motifs is 1. The third-order valence-electron chi connectivity index (χ3n) is 5.72. The monoisotopic (exact) mass is 389 g/mol. The maximum Gasteiger partial charge on any atom is 0.411 e. The Labute approximate surface area is 166 Å². The van der Waals surface area contributed by atoms with Crippen molar-refractivity contribution in [3.8, 4) is 5.75 Å². The van der Waals surface area contributed by atoms with Crippen LogP contribution in [0.5, 0.6) is 5.75 Å².